The number of aryl methyl sites for hydroxylation is 1. The number of thiazole rings is 1. The fourth-order valence-electron chi connectivity index (χ4n) is 3.43. The minimum absolute atomic E-state index is 0.137. The molecule has 0 fully saturated rings. The second-order valence-electron chi connectivity index (χ2n) is 7.23. The summed E-state index contributed by atoms with van der Waals surface area (Å²) in [6.07, 6.45) is 0. The van der Waals surface area contributed by atoms with Crippen LogP contribution in [0.1, 0.15) is 10.6 Å². The van der Waals surface area contributed by atoms with Crippen molar-refractivity contribution in [3.63, 3.8) is 0 Å². The van der Waals surface area contributed by atoms with E-state index in [4.69, 9.17) is 4.42 Å². The second kappa shape index (κ2) is 8.10. The van der Waals surface area contributed by atoms with Gasteiger partial charge in [0.05, 0.1) is 16.9 Å². The molecular formula is C25H16N4O2S. The topological polar surface area (TPSA) is 91.3 Å². The van der Waals surface area contributed by atoms with Gasteiger partial charge in [0, 0.05) is 10.8 Å². The van der Waals surface area contributed by atoms with Crippen molar-refractivity contribution >= 4 is 44.5 Å². The minimum atomic E-state index is -0.474. The Morgan fingerprint density at radius 2 is 1.91 bits per heavy atom. The molecule has 0 aliphatic carbocycles. The highest BCUT2D eigenvalue weighted by atomic mass is 32.1. The highest BCUT2D eigenvalue weighted by molar-refractivity contribution is 7.12. The molecule has 7 heteroatoms. The summed E-state index contributed by atoms with van der Waals surface area (Å²) >= 11 is 1.25. The Morgan fingerprint density at radius 1 is 1.09 bits per heavy atom. The Hall–Kier alpha value is -4.28. The van der Waals surface area contributed by atoms with Crippen LogP contribution in [-0.2, 0) is 0 Å². The molecular weight excluding hydrogens is 420 g/mol. The van der Waals surface area contributed by atoms with Crippen molar-refractivity contribution in [2.24, 2.45) is 5.10 Å². The number of anilines is 1. The Labute approximate surface area is 187 Å². The average molecular weight is 436 g/mol. The Bertz CT molecular complexity index is 1590. The van der Waals surface area contributed by atoms with Gasteiger partial charge in [0.15, 0.2) is 10.7 Å². The van der Waals surface area contributed by atoms with Gasteiger partial charge >= 0.3 is 5.63 Å². The van der Waals surface area contributed by atoms with Crippen LogP contribution in [0.15, 0.2) is 86.4 Å². The molecule has 0 saturated carbocycles. The van der Waals surface area contributed by atoms with E-state index in [1.807, 2.05) is 61.5 Å². The summed E-state index contributed by atoms with van der Waals surface area (Å²) in [6.45, 7) is 2.00. The highest BCUT2D eigenvalue weighted by Crippen LogP contribution is 2.28. The Balaban J connectivity index is 1.53. The third kappa shape index (κ3) is 3.64. The molecule has 5 aromatic rings. The maximum Gasteiger partial charge on any atom is 0.345 e. The lowest BCUT2D eigenvalue weighted by Gasteiger charge is -2.04. The fraction of sp³-hybridized carbons (Fsp3) is 0.0400. The molecule has 5 rings (SSSR count). The summed E-state index contributed by atoms with van der Waals surface area (Å²) < 4.78 is 5.57. The summed E-state index contributed by atoms with van der Waals surface area (Å²) in [5.41, 5.74) is 5.76. The summed E-state index contributed by atoms with van der Waals surface area (Å²) in [6, 6.07) is 23.2. The van der Waals surface area contributed by atoms with Gasteiger partial charge in [-0.2, -0.15) is 10.4 Å². The number of rotatable bonds is 4. The predicted molar refractivity (Wildman–Crippen MR) is 128 cm³/mol. The zero-order valence-electron chi connectivity index (χ0n) is 17.0. The monoisotopic (exact) mass is 436 g/mol. The summed E-state index contributed by atoms with van der Waals surface area (Å²) in [4.78, 5) is 17.1. The lowest BCUT2D eigenvalue weighted by molar-refractivity contribution is 0.563. The van der Waals surface area contributed by atoms with Crippen molar-refractivity contribution in [1.29, 1.82) is 5.26 Å². The summed E-state index contributed by atoms with van der Waals surface area (Å²) in [7, 11) is 0. The van der Waals surface area contributed by atoms with Gasteiger partial charge in [-0.1, -0.05) is 48.0 Å². The minimum Gasteiger partial charge on any atom is -0.422 e. The molecule has 2 heterocycles. The van der Waals surface area contributed by atoms with Crippen LogP contribution in [0.5, 0.6) is 0 Å². The zero-order chi connectivity index (χ0) is 22.1. The van der Waals surface area contributed by atoms with E-state index in [9.17, 15) is 10.1 Å². The first-order chi connectivity index (χ1) is 15.6. The summed E-state index contributed by atoms with van der Waals surface area (Å²) in [5, 5.41) is 18.8. The van der Waals surface area contributed by atoms with E-state index in [0.29, 0.717) is 21.8 Å². The lowest BCUT2D eigenvalue weighted by Crippen LogP contribution is -2.04. The van der Waals surface area contributed by atoms with Crippen molar-refractivity contribution in [2.45, 2.75) is 6.92 Å². The molecule has 0 amide bonds. The molecule has 0 aliphatic rings. The maximum absolute atomic E-state index is 12.6. The molecule has 1 N–H and O–H groups in total. The van der Waals surface area contributed by atoms with Gasteiger partial charge in [-0.15, -0.1) is 11.3 Å². The van der Waals surface area contributed by atoms with E-state index in [1.54, 1.807) is 17.5 Å². The van der Waals surface area contributed by atoms with Gasteiger partial charge in [-0.25, -0.2) is 9.78 Å². The van der Waals surface area contributed by atoms with Crippen molar-refractivity contribution in [2.75, 3.05) is 5.43 Å². The number of hydrogen-bond acceptors (Lipinski definition) is 7. The molecule has 3 aromatic carbocycles. The van der Waals surface area contributed by atoms with Gasteiger partial charge in [-0.05, 0) is 42.0 Å². The number of hydrazone groups is 1. The summed E-state index contributed by atoms with van der Waals surface area (Å²) in [5.74, 6) is 0. The number of nitrogens with one attached hydrogen (secondary N) is 1. The third-order valence-electron chi connectivity index (χ3n) is 5.08. The molecule has 2 aromatic heterocycles. The molecule has 0 bridgehead atoms. The molecule has 0 unspecified atom stereocenters. The van der Waals surface area contributed by atoms with E-state index in [1.165, 1.54) is 11.3 Å². The van der Waals surface area contributed by atoms with E-state index in [2.05, 4.69) is 21.6 Å². The van der Waals surface area contributed by atoms with Crippen molar-refractivity contribution in [3.8, 4) is 17.3 Å². The maximum atomic E-state index is 12.6. The number of fused-ring (bicyclic) bond motifs is 3. The van der Waals surface area contributed by atoms with E-state index >= 15 is 0 Å². The highest BCUT2D eigenvalue weighted by Gasteiger charge is 2.15. The molecule has 0 saturated heterocycles. The van der Waals surface area contributed by atoms with Crippen LogP contribution in [0, 0.1) is 18.3 Å². The number of aromatic nitrogens is 1. The van der Waals surface area contributed by atoms with Crippen LogP contribution in [0.25, 0.3) is 33.0 Å². The molecule has 0 aliphatic heterocycles. The third-order valence-corrected chi connectivity index (χ3v) is 5.93. The number of nitriles is 1. The van der Waals surface area contributed by atoms with E-state index < -0.39 is 5.63 Å². The van der Waals surface area contributed by atoms with E-state index in [-0.39, 0.29) is 5.71 Å². The Morgan fingerprint density at radius 3 is 2.72 bits per heavy atom. The molecule has 0 radical (unpaired) electrons. The fourth-order valence-corrected chi connectivity index (χ4v) is 4.18. The predicted octanol–water partition coefficient (Wildman–Crippen LogP) is 5.72. The van der Waals surface area contributed by atoms with Gasteiger partial charge in [0.25, 0.3) is 0 Å². The number of benzene rings is 3. The first-order valence-corrected chi connectivity index (χ1v) is 10.7. The van der Waals surface area contributed by atoms with Gasteiger partial charge in [0.1, 0.15) is 11.7 Å². The van der Waals surface area contributed by atoms with Crippen LogP contribution < -0.4 is 11.1 Å². The molecule has 0 atom stereocenters. The van der Waals surface area contributed by atoms with Gasteiger partial charge in [-0.3, -0.25) is 5.43 Å². The lowest BCUT2D eigenvalue weighted by atomic mass is 10.0. The first kappa shape index (κ1) is 19.7. The number of hydrogen-bond donors (Lipinski definition) is 1. The largest absolute Gasteiger partial charge is 0.422 e. The van der Waals surface area contributed by atoms with Crippen molar-refractivity contribution in [3.05, 3.63) is 93.1 Å². The van der Waals surface area contributed by atoms with Crippen LogP contribution in [0.2, 0.25) is 0 Å². The van der Waals surface area contributed by atoms with E-state index in [0.717, 1.165) is 27.4 Å². The Kier molecular flexibility index (Phi) is 4.98. The van der Waals surface area contributed by atoms with Gasteiger partial charge < -0.3 is 4.42 Å². The van der Waals surface area contributed by atoms with Crippen molar-refractivity contribution < 1.29 is 4.42 Å². The first-order valence-electron chi connectivity index (χ1n) is 9.85. The normalized spacial score (nSPS) is 11.6. The molecule has 154 valence electrons. The molecule has 32 heavy (non-hydrogen) atoms. The molecule has 0 spiro atoms. The molecule has 6 nitrogen and oxygen atoms in total. The second-order valence-corrected chi connectivity index (χ2v) is 8.09. The van der Waals surface area contributed by atoms with Crippen LogP contribution >= 0.6 is 11.3 Å². The van der Waals surface area contributed by atoms with Gasteiger partial charge in [0.2, 0.25) is 0 Å². The van der Waals surface area contributed by atoms with Crippen LogP contribution in [0.4, 0.5) is 5.69 Å². The smallest absolute Gasteiger partial charge is 0.345 e. The zero-order valence-corrected chi connectivity index (χ0v) is 17.8. The average Bonchev–Trinajstić information content (AvgIpc) is 3.30. The SMILES string of the molecule is Cc1ccc(N/N=C(\C#N)c2nc(-c3cc4c(ccc5ccccc54)oc3=O)cs2)cc1. The van der Waals surface area contributed by atoms with Crippen LogP contribution in [0.3, 0.4) is 0 Å². The van der Waals surface area contributed by atoms with Crippen LogP contribution in [-0.4, -0.2) is 10.7 Å². The quantitative estimate of drug-likeness (QED) is 0.168. The van der Waals surface area contributed by atoms with Crippen molar-refractivity contribution in [1.82, 2.24) is 4.98 Å². The number of nitrogens with zero attached hydrogens (tertiary/aromatic N) is 3. The standard InChI is InChI=1S/C25H16N4O2S/c1-15-6-9-17(10-7-15)28-29-21(13-26)24-27-22(14-32-24)20-12-19-18-5-3-2-4-16(18)8-11-23(19)31-25(20)30/h2-12,14,28H,1H3/b29-21+.